The maximum absolute atomic E-state index is 13.3. The molecule has 3 heterocycles. The van der Waals surface area contributed by atoms with E-state index in [4.69, 9.17) is 0 Å². The molecule has 156 valence electrons. The lowest BCUT2D eigenvalue weighted by Crippen LogP contribution is -2.19. The third kappa shape index (κ3) is 4.14. The van der Waals surface area contributed by atoms with Gasteiger partial charge >= 0.3 is 6.18 Å². The van der Waals surface area contributed by atoms with E-state index >= 15 is 0 Å². The number of alkyl halides is 3. The van der Waals surface area contributed by atoms with Crippen LogP contribution in [0.2, 0.25) is 0 Å². The Labute approximate surface area is 169 Å². The third-order valence-electron chi connectivity index (χ3n) is 4.94. The molecule has 0 unspecified atom stereocenters. The van der Waals surface area contributed by atoms with Gasteiger partial charge in [0.05, 0.1) is 30.6 Å². The zero-order valence-electron chi connectivity index (χ0n) is 16.0. The van der Waals surface area contributed by atoms with Crippen molar-refractivity contribution < 1.29 is 18.0 Å². The Morgan fingerprint density at radius 1 is 1.13 bits per heavy atom. The van der Waals surface area contributed by atoms with Crippen LogP contribution in [0.4, 0.5) is 18.9 Å². The number of rotatable bonds is 4. The molecule has 3 aromatic rings. The lowest BCUT2D eigenvalue weighted by atomic mass is 10.1. The van der Waals surface area contributed by atoms with Crippen LogP contribution in [0.5, 0.6) is 0 Å². The minimum Gasteiger partial charge on any atom is -0.331 e. The molecule has 0 aliphatic heterocycles. The first kappa shape index (κ1) is 19.9. The number of halogens is 3. The average molecular weight is 417 g/mol. The Hall–Kier alpha value is -3.37. The first-order valence-corrected chi connectivity index (χ1v) is 9.37. The van der Waals surface area contributed by atoms with Gasteiger partial charge in [-0.1, -0.05) is 12.8 Å². The second-order valence-electron chi connectivity index (χ2n) is 7.12. The Morgan fingerprint density at radius 3 is 2.43 bits per heavy atom. The van der Waals surface area contributed by atoms with Crippen LogP contribution in [0.25, 0.3) is 11.5 Å². The second-order valence-corrected chi connectivity index (χ2v) is 7.12. The van der Waals surface area contributed by atoms with E-state index in [0.29, 0.717) is 17.8 Å². The average Bonchev–Trinajstić information content (AvgIpc) is 3.39. The van der Waals surface area contributed by atoms with Crippen LogP contribution in [0.1, 0.15) is 53.6 Å². The number of hydrogen-bond acceptors (Lipinski definition) is 6. The quantitative estimate of drug-likeness (QED) is 0.697. The van der Waals surface area contributed by atoms with E-state index in [1.807, 2.05) is 0 Å². The van der Waals surface area contributed by atoms with Crippen molar-refractivity contribution in [3.05, 3.63) is 48.2 Å². The van der Waals surface area contributed by atoms with Crippen molar-refractivity contribution in [3.63, 3.8) is 0 Å². The maximum Gasteiger partial charge on any atom is 0.433 e. The van der Waals surface area contributed by atoms with Crippen molar-refractivity contribution in [2.45, 2.75) is 37.8 Å². The summed E-state index contributed by atoms with van der Waals surface area (Å²) in [6, 6.07) is 0.614. The highest BCUT2D eigenvalue weighted by atomic mass is 19.4. The van der Waals surface area contributed by atoms with E-state index in [1.54, 1.807) is 7.05 Å². The van der Waals surface area contributed by atoms with E-state index in [1.165, 1.54) is 29.5 Å². The summed E-state index contributed by atoms with van der Waals surface area (Å²) in [6.07, 6.45) is 5.24. The number of aromatic nitrogens is 6. The fraction of sp³-hybridized carbons (Fsp3) is 0.368. The molecule has 0 radical (unpaired) electrons. The highest BCUT2D eigenvalue weighted by Crippen LogP contribution is 2.32. The number of nitrogens with one attached hydrogen (secondary N) is 1. The lowest BCUT2D eigenvalue weighted by molar-refractivity contribution is -0.141. The Balaban J connectivity index is 1.60. The summed E-state index contributed by atoms with van der Waals surface area (Å²) in [6.45, 7) is 0. The lowest BCUT2D eigenvalue weighted by Gasteiger charge is -2.11. The Bertz CT molecular complexity index is 1060. The highest BCUT2D eigenvalue weighted by molar-refractivity contribution is 6.03. The fourth-order valence-electron chi connectivity index (χ4n) is 3.39. The number of amides is 1. The molecule has 1 aliphatic carbocycles. The minimum absolute atomic E-state index is 0.247. The van der Waals surface area contributed by atoms with Crippen LogP contribution in [0, 0.1) is 0 Å². The van der Waals surface area contributed by atoms with Gasteiger partial charge in [0.15, 0.2) is 5.82 Å². The number of carbonyl (C=O) groups excluding carboxylic acids is 1. The van der Waals surface area contributed by atoms with E-state index < -0.39 is 23.5 Å². The number of hydrogen-bond donors (Lipinski definition) is 1. The number of aryl methyl sites for hydroxylation is 1. The molecule has 0 aromatic carbocycles. The van der Waals surface area contributed by atoms with Crippen molar-refractivity contribution in [1.29, 1.82) is 0 Å². The Kier molecular flexibility index (Phi) is 5.18. The van der Waals surface area contributed by atoms with E-state index in [-0.39, 0.29) is 17.2 Å². The molecule has 30 heavy (non-hydrogen) atoms. The first-order valence-electron chi connectivity index (χ1n) is 9.37. The minimum atomic E-state index is -4.74. The van der Waals surface area contributed by atoms with Gasteiger partial charge in [0.25, 0.3) is 5.91 Å². The topological polar surface area (TPSA) is 98.5 Å². The van der Waals surface area contributed by atoms with Crippen LogP contribution in [0.3, 0.4) is 0 Å². The third-order valence-corrected chi connectivity index (χ3v) is 4.94. The van der Waals surface area contributed by atoms with Crippen LogP contribution in [0.15, 0.2) is 31.0 Å². The molecule has 8 nitrogen and oxygen atoms in total. The molecule has 1 aliphatic rings. The van der Waals surface area contributed by atoms with Crippen molar-refractivity contribution in [1.82, 2.24) is 29.5 Å². The zero-order chi connectivity index (χ0) is 21.3. The molecule has 1 N–H and O–H groups in total. The summed E-state index contributed by atoms with van der Waals surface area (Å²) in [4.78, 5) is 32.6. The van der Waals surface area contributed by atoms with Gasteiger partial charge in [0, 0.05) is 19.0 Å². The number of nitrogens with zero attached hydrogens (tertiary/aromatic N) is 6. The standard InChI is InChI=1S/C19H18F3N7O/c1-29-10-23-9-14(29)17-27-13(6-15(28-17)19(20,21)22)18(30)26-12-7-24-16(25-8-12)11-4-2-3-5-11/h6-11H,2-5H2,1H3,(H,26,30). The summed E-state index contributed by atoms with van der Waals surface area (Å²) in [5, 5.41) is 2.50. The van der Waals surface area contributed by atoms with E-state index in [0.717, 1.165) is 25.7 Å². The summed E-state index contributed by atoms with van der Waals surface area (Å²) in [7, 11) is 1.59. The number of carbonyl (C=O) groups is 1. The number of imidazole rings is 1. The molecule has 4 rings (SSSR count). The molecule has 0 atom stereocenters. The number of anilines is 1. The van der Waals surface area contributed by atoms with E-state index in [9.17, 15) is 18.0 Å². The molecule has 0 bridgehead atoms. The molecular weight excluding hydrogens is 399 g/mol. The van der Waals surface area contributed by atoms with Gasteiger partial charge in [-0.15, -0.1) is 0 Å². The van der Waals surface area contributed by atoms with Gasteiger partial charge in [-0.25, -0.2) is 24.9 Å². The summed E-state index contributed by atoms with van der Waals surface area (Å²) in [5.41, 5.74) is -1.12. The van der Waals surface area contributed by atoms with Gasteiger partial charge in [-0.3, -0.25) is 4.79 Å². The van der Waals surface area contributed by atoms with E-state index in [2.05, 4.69) is 30.2 Å². The molecule has 3 aromatic heterocycles. The van der Waals surface area contributed by atoms with Crippen LogP contribution < -0.4 is 5.32 Å². The molecular formula is C19H18F3N7O. The van der Waals surface area contributed by atoms with Crippen molar-refractivity contribution in [3.8, 4) is 11.5 Å². The second kappa shape index (κ2) is 7.81. The van der Waals surface area contributed by atoms with Crippen molar-refractivity contribution in [2.24, 2.45) is 7.05 Å². The van der Waals surface area contributed by atoms with Gasteiger partial charge < -0.3 is 9.88 Å². The van der Waals surface area contributed by atoms with Gasteiger partial charge in [0.2, 0.25) is 0 Å². The van der Waals surface area contributed by atoms with Crippen LogP contribution in [-0.4, -0.2) is 35.4 Å². The predicted molar refractivity (Wildman–Crippen MR) is 100 cm³/mol. The van der Waals surface area contributed by atoms with Crippen LogP contribution in [-0.2, 0) is 13.2 Å². The summed E-state index contributed by atoms with van der Waals surface area (Å²) < 4.78 is 41.4. The van der Waals surface area contributed by atoms with Crippen LogP contribution >= 0.6 is 0 Å². The van der Waals surface area contributed by atoms with Gasteiger partial charge in [-0.2, -0.15) is 13.2 Å². The predicted octanol–water partition coefficient (Wildman–Crippen LogP) is 3.60. The molecule has 1 fully saturated rings. The summed E-state index contributed by atoms with van der Waals surface area (Å²) >= 11 is 0. The maximum atomic E-state index is 13.3. The first-order chi connectivity index (χ1) is 14.3. The molecule has 1 saturated carbocycles. The smallest absolute Gasteiger partial charge is 0.331 e. The molecule has 1 amide bonds. The van der Waals surface area contributed by atoms with Gasteiger partial charge in [0.1, 0.15) is 22.9 Å². The zero-order valence-corrected chi connectivity index (χ0v) is 16.0. The SMILES string of the molecule is Cn1cncc1-c1nc(C(=O)Nc2cnc(C3CCCC3)nc2)cc(C(F)(F)F)n1. The highest BCUT2D eigenvalue weighted by Gasteiger charge is 2.34. The Morgan fingerprint density at radius 2 is 1.83 bits per heavy atom. The largest absolute Gasteiger partial charge is 0.433 e. The normalized spacial score (nSPS) is 14.8. The fourth-order valence-corrected chi connectivity index (χ4v) is 3.39. The monoisotopic (exact) mass is 417 g/mol. The molecule has 0 spiro atoms. The van der Waals surface area contributed by atoms with Gasteiger partial charge in [-0.05, 0) is 12.8 Å². The molecule has 0 saturated heterocycles. The van der Waals surface area contributed by atoms with Crippen molar-refractivity contribution >= 4 is 11.6 Å². The summed E-state index contributed by atoms with van der Waals surface area (Å²) in [5.74, 6) is -0.0378. The molecule has 11 heteroatoms. The van der Waals surface area contributed by atoms with Crippen molar-refractivity contribution in [2.75, 3.05) is 5.32 Å².